The average Bonchev–Trinajstić information content (AvgIpc) is 3.38. The first kappa shape index (κ1) is 20.9. The molecular formula is C25H25F3N2O2. The molecular weight excluding hydrogens is 417 g/mol. The van der Waals surface area contributed by atoms with Gasteiger partial charge in [-0.25, -0.2) is 0 Å². The lowest BCUT2D eigenvalue weighted by Crippen LogP contribution is -2.28. The van der Waals surface area contributed by atoms with Crippen molar-refractivity contribution in [1.82, 2.24) is 4.98 Å². The predicted octanol–water partition coefficient (Wildman–Crippen LogP) is 6.18. The third-order valence-corrected chi connectivity index (χ3v) is 6.98. The van der Waals surface area contributed by atoms with E-state index in [1.54, 1.807) is 6.20 Å². The number of halogens is 3. The molecule has 3 saturated carbocycles. The topological polar surface area (TPSA) is 54.1 Å². The first-order valence-corrected chi connectivity index (χ1v) is 10.9. The normalized spacial score (nSPS) is 24.4. The van der Waals surface area contributed by atoms with Gasteiger partial charge in [0.05, 0.1) is 17.9 Å². The Kier molecular flexibility index (Phi) is 4.95. The quantitative estimate of drug-likeness (QED) is 0.479. The summed E-state index contributed by atoms with van der Waals surface area (Å²) >= 11 is 0. The number of fused-ring (bicyclic) bond motifs is 2. The monoisotopic (exact) mass is 442 g/mol. The van der Waals surface area contributed by atoms with E-state index in [9.17, 15) is 18.0 Å². The number of H-pyrrole nitrogens is 1. The summed E-state index contributed by atoms with van der Waals surface area (Å²) in [7, 11) is 0. The minimum absolute atomic E-state index is 0.0887. The number of carbonyl (C=O) groups is 1. The van der Waals surface area contributed by atoms with Gasteiger partial charge >= 0.3 is 6.18 Å². The Morgan fingerprint density at radius 2 is 1.91 bits per heavy atom. The molecule has 7 heteroatoms. The molecule has 1 heterocycles. The SMILES string of the molecule is CC12CC(C1)[C@H](C(=O)Nc1c[nH]c3ccc(OCCc4ccc(C(F)(F)F)cc4)cc13)C2. The van der Waals surface area contributed by atoms with Crippen LogP contribution in [0.5, 0.6) is 5.75 Å². The predicted molar refractivity (Wildman–Crippen MR) is 117 cm³/mol. The molecule has 1 aromatic heterocycles. The van der Waals surface area contributed by atoms with Gasteiger partial charge in [0.2, 0.25) is 5.91 Å². The van der Waals surface area contributed by atoms with Crippen LogP contribution in [0.2, 0.25) is 0 Å². The molecule has 3 aliphatic rings. The number of anilines is 1. The van der Waals surface area contributed by atoms with Crippen molar-refractivity contribution in [2.45, 2.75) is 38.8 Å². The van der Waals surface area contributed by atoms with E-state index in [2.05, 4.69) is 17.2 Å². The standard InChI is InChI=1S/C25H25F3N2O2/c1-24-11-16(12-24)20(13-24)23(31)30-22-14-29-21-7-6-18(10-19(21)22)32-9-8-15-2-4-17(5-3-15)25(26,27)28/h2-7,10,14,16,20,29H,8-9,11-13H2,1H3,(H,30,31)/t16?,20-,24?/m1/s1. The summed E-state index contributed by atoms with van der Waals surface area (Å²) in [6, 6.07) is 10.7. The molecule has 2 aromatic carbocycles. The molecule has 3 fully saturated rings. The molecule has 2 bridgehead atoms. The van der Waals surface area contributed by atoms with Crippen LogP contribution in [0.4, 0.5) is 18.9 Å². The summed E-state index contributed by atoms with van der Waals surface area (Å²) in [6.07, 6.45) is 1.23. The van der Waals surface area contributed by atoms with Gasteiger partial charge in [-0.3, -0.25) is 4.79 Å². The highest BCUT2D eigenvalue weighted by Gasteiger charge is 2.55. The van der Waals surface area contributed by atoms with Gasteiger partial charge in [-0.2, -0.15) is 13.2 Å². The Labute approximate surface area is 184 Å². The number of alkyl halides is 3. The fraction of sp³-hybridized carbons (Fsp3) is 0.400. The van der Waals surface area contributed by atoms with Crippen LogP contribution in [-0.2, 0) is 17.4 Å². The Morgan fingerprint density at radius 1 is 1.16 bits per heavy atom. The lowest BCUT2D eigenvalue weighted by Gasteiger charge is -2.34. The van der Waals surface area contributed by atoms with Gasteiger partial charge in [0.15, 0.2) is 0 Å². The van der Waals surface area contributed by atoms with Crippen LogP contribution < -0.4 is 10.1 Å². The number of hydrogen-bond donors (Lipinski definition) is 2. The highest BCUT2D eigenvalue weighted by molar-refractivity contribution is 6.03. The summed E-state index contributed by atoms with van der Waals surface area (Å²) in [4.78, 5) is 16.0. The zero-order chi connectivity index (χ0) is 22.5. The first-order chi connectivity index (χ1) is 15.2. The third kappa shape index (κ3) is 3.96. The molecule has 168 valence electrons. The number of amides is 1. The summed E-state index contributed by atoms with van der Waals surface area (Å²) < 4.78 is 43.9. The smallest absolute Gasteiger partial charge is 0.416 e. The number of ether oxygens (including phenoxy) is 1. The van der Waals surface area contributed by atoms with E-state index < -0.39 is 11.7 Å². The second-order valence-electron chi connectivity index (χ2n) is 9.48. The van der Waals surface area contributed by atoms with E-state index in [0.717, 1.165) is 53.5 Å². The molecule has 3 aliphatic carbocycles. The molecule has 0 aliphatic heterocycles. The second-order valence-corrected chi connectivity index (χ2v) is 9.48. The fourth-order valence-electron chi connectivity index (χ4n) is 5.33. The van der Waals surface area contributed by atoms with Crippen LogP contribution in [0.25, 0.3) is 10.9 Å². The van der Waals surface area contributed by atoms with Crippen LogP contribution in [0.1, 0.15) is 37.3 Å². The van der Waals surface area contributed by atoms with Crippen molar-refractivity contribution in [3.05, 3.63) is 59.8 Å². The van der Waals surface area contributed by atoms with Gasteiger partial charge in [0.1, 0.15) is 5.75 Å². The number of aromatic nitrogens is 1. The van der Waals surface area contributed by atoms with Crippen molar-refractivity contribution in [2.24, 2.45) is 17.3 Å². The fourth-order valence-corrected chi connectivity index (χ4v) is 5.33. The number of rotatable bonds is 6. The summed E-state index contributed by atoms with van der Waals surface area (Å²) in [5.74, 6) is 1.34. The number of hydrogen-bond acceptors (Lipinski definition) is 2. The number of benzene rings is 2. The Morgan fingerprint density at radius 3 is 2.56 bits per heavy atom. The molecule has 1 atom stereocenters. The van der Waals surface area contributed by atoms with Crippen LogP contribution >= 0.6 is 0 Å². The first-order valence-electron chi connectivity index (χ1n) is 10.9. The zero-order valence-electron chi connectivity index (χ0n) is 17.8. The Hall–Kier alpha value is -2.96. The summed E-state index contributed by atoms with van der Waals surface area (Å²) in [5.41, 5.74) is 2.11. The maximum absolute atomic E-state index is 12.8. The van der Waals surface area contributed by atoms with Crippen LogP contribution in [0, 0.1) is 17.3 Å². The lowest BCUT2D eigenvalue weighted by molar-refractivity contribution is -0.137. The Bertz CT molecular complexity index is 1140. The van der Waals surface area contributed by atoms with Gasteiger partial charge in [0, 0.05) is 29.4 Å². The van der Waals surface area contributed by atoms with Crippen LogP contribution in [0.3, 0.4) is 0 Å². The van der Waals surface area contributed by atoms with Gasteiger partial charge in [-0.15, -0.1) is 0 Å². The average molecular weight is 442 g/mol. The van der Waals surface area contributed by atoms with Gasteiger partial charge in [-0.1, -0.05) is 19.1 Å². The van der Waals surface area contributed by atoms with E-state index in [4.69, 9.17) is 4.74 Å². The van der Waals surface area contributed by atoms with Crippen molar-refractivity contribution >= 4 is 22.5 Å². The van der Waals surface area contributed by atoms with Crippen molar-refractivity contribution in [1.29, 1.82) is 0 Å². The van der Waals surface area contributed by atoms with E-state index in [1.807, 2.05) is 18.2 Å². The molecule has 1 amide bonds. The molecule has 0 radical (unpaired) electrons. The maximum atomic E-state index is 12.8. The third-order valence-electron chi connectivity index (χ3n) is 6.98. The highest BCUT2D eigenvalue weighted by Crippen LogP contribution is 2.61. The molecule has 0 unspecified atom stereocenters. The molecule has 0 saturated heterocycles. The van der Waals surface area contributed by atoms with Crippen LogP contribution in [0.15, 0.2) is 48.7 Å². The van der Waals surface area contributed by atoms with Crippen molar-refractivity contribution in [2.75, 3.05) is 11.9 Å². The summed E-state index contributed by atoms with van der Waals surface area (Å²) in [5, 5.41) is 3.97. The van der Waals surface area contributed by atoms with E-state index >= 15 is 0 Å². The van der Waals surface area contributed by atoms with Gasteiger partial charge < -0.3 is 15.0 Å². The van der Waals surface area contributed by atoms with Crippen molar-refractivity contribution < 1.29 is 22.7 Å². The maximum Gasteiger partial charge on any atom is 0.416 e. The minimum Gasteiger partial charge on any atom is -0.493 e. The molecule has 2 N–H and O–H groups in total. The minimum atomic E-state index is -4.33. The highest BCUT2D eigenvalue weighted by atomic mass is 19.4. The van der Waals surface area contributed by atoms with Gasteiger partial charge in [-0.05, 0) is 66.5 Å². The van der Waals surface area contributed by atoms with Crippen molar-refractivity contribution in [3.63, 3.8) is 0 Å². The van der Waals surface area contributed by atoms with E-state index in [-0.39, 0.29) is 11.8 Å². The number of aromatic amines is 1. The van der Waals surface area contributed by atoms with Gasteiger partial charge in [0.25, 0.3) is 0 Å². The van der Waals surface area contributed by atoms with E-state index in [1.165, 1.54) is 12.1 Å². The Balaban J connectivity index is 1.21. The van der Waals surface area contributed by atoms with Crippen molar-refractivity contribution in [3.8, 4) is 5.75 Å². The lowest BCUT2D eigenvalue weighted by atomic mass is 9.71. The number of carbonyl (C=O) groups excluding carboxylic acids is 1. The second kappa shape index (κ2) is 7.57. The summed E-state index contributed by atoms with van der Waals surface area (Å²) in [6.45, 7) is 2.60. The molecule has 32 heavy (non-hydrogen) atoms. The molecule has 0 spiro atoms. The zero-order valence-corrected chi connectivity index (χ0v) is 17.8. The molecule has 3 aromatic rings. The molecule has 6 rings (SSSR count). The van der Waals surface area contributed by atoms with E-state index in [0.29, 0.717) is 30.1 Å². The largest absolute Gasteiger partial charge is 0.493 e. The molecule has 4 nitrogen and oxygen atoms in total. The van der Waals surface area contributed by atoms with Crippen LogP contribution in [-0.4, -0.2) is 17.5 Å². The number of nitrogens with one attached hydrogen (secondary N) is 2.